The zero-order valence-corrected chi connectivity index (χ0v) is 10.0. The SMILES string of the molecule is CCCCC[C@H]1OC(=O)C[C@H]1C(=O)OCC. The number of ether oxygens (including phenoxy) is 2. The maximum absolute atomic E-state index is 11.6. The third-order valence-corrected chi connectivity index (χ3v) is 2.80. The normalized spacial score (nSPS) is 24.2. The second kappa shape index (κ2) is 6.51. The van der Waals surface area contributed by atoms with Gasteiger partial charge in [0.15, 0.2) is 0 Å². The highest BCUT2D eigenvalue weighted by molar-refractivity contribution is 5.83. The summed E-state index contributed by atoms with van der Waals surface area (Å²) >= 11 is 0. The Kier molecular flexibility index (Phi) is 5.29. The highest BCUT2D eigenvalue weighted by Gasteiger charge is 2.40. The number of rotatable bonds is 6. The van der Waals surface area contributed by atoms with Crippen molar-refractivity contribution in [2.75, 3.05) is 6.61 Å². The maximum atomic E-state index is 11.6. The van der Waals surface area contributed by atoms with Gasteiger partial charge in [-0.2, -0.15) is 0 Å². The van der Waals surface area contributed by atoms with E-state index in [4.69, 9.17) is 9.47 Å². The van der Waals surface area contributed by atoms with Crippen LogP contribution in [0.15, 0.2) is 0 Å². The van der Waals surface area contributed by atoms with Crippen LogP contribution < -0.4 is 0 Å². The lowest BCUT2D eigenvalue weighted by Gasteiger charge is -2.15. The van der Waals surface area contributed by atoms with Crippen LogP contribution in [0, 0.1) is 5.92 Å². The van der Waals surface area contributed by atoms with Gasteiger partial charge in [0.25, 0.3) is 0 Å². The standard InChI is InChI=1S/C12H20O4/c1-3-5-6-7-10-9(8-11(13)16-10)12(14)15-4-2/h9-10H,3-8H2,1-2H3/t9-,10-/m1/s1. The van der Waals surface area contributed by atoms with Crippen LogP contribution >= 0.6 is 0 Å². The fraction of sp³-hybridized carbons (Fsp3) is 0.833. The van der Waals surface area contributed by atoms with E-state index in [2.05, 4.69) is 6.92 Å². The van der Waals surface area contributed by atoms with Crippen LogP contribution in [0.4, 0.5) is 0 Å². The summed E-state index contributed by atoms with van der Waals surface area (Å²) in [7, 11) is 0. The van der Waals surface area contributed by atoms with Crippen molar-refractivity contribution in [2.24, 2.45) is 5.92 Å². The number of hydrogen-bond donors (Lipinski definition) is 0. The topological polar surface area (TPSA) is 52.6 Å². The molecule has 0 aromatic heterocycles. The number of hydrogen-bond acceptors (Lipinski definition) is 4. The lowest BCUT2D eigenvalue weighted by atomic mass is 9.97. The molecule has 1 rings (SSSR count). The second-order valence-electron chi connectivity index (χ2n) is 4.09. The van der Waals surface area contributed by atoms with E-state index in [9.17, 15) is 9.59 Å². The maximum Gasteiger partial charge on any atom is 0.313 e. The molecule has 0 aromatic rings. The molecule has 2 atom stereocenters. The van der Waals surface area contributed by atoms with Gasteiger partial charge in [-0.15, -0.1) is 0 Å². The van der Waals surface area contributed by atoms with Crippen molar-refractivity contribution in [3.05, 3.63) is 0 Å². The average molecular weight is 228 g/mol. The quantitative estimate of drug-likeness (QED) is 0.516. The summed E-state index contributed by atoms with van der Waals surface area (Å²) < 4.78 is 10.1. The first kappa shape index (κ1) is 13.0. The van der Waals surface area contributed by atoms with E-state index in [1.54, 1.807) is 6.92 Å². The highest BCUT2D eigenvalue weighted by atomic mass is 16.6. The predicted octanol–water partition coefficient (Wildman–Crippen LogP) is 2.06. The Morgan fingerprint density at radius 3 is 2.81 bits per heavy atom. The first-order valence-corrected chi connectivity index (χ1v) is 6.05. The molecule has 92 valence electrons. The molecule has 0 aromatic carbocycles. The Hall–Kier alpha value is -1.06. The molecule has 16 heavy (non-hydrogen) atoms. The average Bonchev–Trinajstić information content (AvgIpc) is 2.61. The van der Waals surface area contributed by atoms with Crippen molar-refractivity contribution in [3.8, 4) is 0 Å². The highest BCUT2D eigenvalue weighted by Crippen LogP contribution is 2.27. The summed E-state index contributed by atoms with van der Waals surface area (Å²) in [6, 6.07) is 0. The Morgan fingerprint density at radius 2 is 2.19 bits per heavy atom. The summed E-state index contributed by atoms with van der Waals surface area (Å²) in [6.07, 6.45) is 3.88. The van der Waals surface area contributed by atoms with Gasteiger partial charge in [0.2, 0.25) is 0 Å². The molecule has 1 aliphatic rings. The van der Waals surface area contributed by atoms with Crippen LogP contribution in [0.5, 0.6) is 0 Å². The van der Waals surface area contributed by atoms with E-state index >= 15 is 0 Å². The lowest BCUT2D eigenvalue weighted by molar-refractivity contribution is -0.150. The summed E-state index contributed by atoms with van der Waals surface area (Å²) in [5, 5.41) is 0. The van der Waals surface area contributed by atoms with Crippen molar-refractivity contribution in [2.45, 2.75) is 52.1 Å². The molecule has 0 aliphatic carbocycles. The Morgan fingerprint density at radius 1 is 1.44 bits per heavy atom. The summed E-state index contributed by atoms with van der Waals surface area (Å²) in [5.41, 5.74) is 0. The molecule has 0 spiro atoms. The molecule has 0 N–H and O–H groups in total. The van der Waals surface area contributed by atoms with E-state index in [0.29, 0.717) is 6.61 Å². The van der Waals surface area contributed by atoms with Crippen LogP contribution in [-0.4, -0.2) is 24.6 Å². The third-order valence-electron chi connectivity index (χ3n) is 2.80. The zero-order chi connectivity index (χ0) is 12.0. The first-order valence-electron chi connectivity index (χ1n) is 6.05. The molecular formula is C12H20O4. The van der Waals surface area contributed by atoms with E-state index < -0.39 is 0 Å². The number of carbonyl (C=O) groups excluding carboxylic acids is 2. The van der Waals surface area contributed by atoms with Crippen LogP contribution in [-0.2, 0) is 19.1 Å². The molecule has 0 unspecified atom stereocenters. The van der Waals surface area contributed by atoms with Crippen molar-refractivity contribution in [1.82, 2.24) is 0 Å². The minimum Gasteiger partial charge on any atom is -0.466 e. The number of unbranched alkanes of at least 4 members (excludes halogenated alkanes) is 2. The van der Waals surface area contributed by atoms with Crippen LogP contribution in [0.1, 0.15) is 46.0 Å². The number of esters is 2. The van der Waals surface area contributed by atoms with Gasteiger partial charge in [0.05, 0.1) is 13.0 Å². The Balaban J connectivity index is 2.45. The largest absolute Gasteiger partial charge is 0.466 e. The predicted molar refractivity (Wildman–Crippen MR) is 58.8 cm³/mol. The molecular weight excluding hydrogens is 208 g/mol. The minimum atomic E-state index is -0.385. The molecule has 0 bridgehead atoms. The molecule has 0 saturated carbocycles. The Bertz CT molecular complexity index is 249. The van der Waals surface area contributed by atoms with E-state index in [1.165, 1.54) is 0 Å². The smallest absolute Gasteiger partial charge is 0.313 e. The Labute approximate surface area is 96.3 Å². The molecule has 1 saturated heterocycles. The van der Waals surface area contributed by atoms with E-state index in [-0.39, 0.29) is 30.4 Å². The molecule has 1 heterocycles. The van der Waals surface area contributed by atoms with Gasteiger partial charge >= 0.3 is 11.9 Å². The van der Waals surface area contributed by atoms with Crippen molar-refractivity contribution >= 4 is 11.9 Å². The van der Waals surface area contributed by atoms with Gasteiger partial charge in [-0.25, -0.2) is 0 Å². The molecule has 4 nitrogen and oxygen atoms in total. The van der Waals surface area contributed by atoms with E-state index in [1.807, 2.05) is 0 Å². The fourth-order valence-corrected chi connectivity index (χ4v) is 1.95. The first-order chi connectivity index (χ1) is 7.69. The van der Waals surface area contributed by atoms with Crippen molar-refractivity contribution in [3.63, 3.8) is 0 Å². The van der Waals surface area contributed by atoms with E-state index in [0.717, 1.165) is 25.7 Å². The zero-order valence-electron chi connectivity index (χ0n) is 10.0. The second-order valence-corrected chi connectivity index (χ2v) is 4.09. The molecule has 0 amide bonds. The fourth-order valence-electron chi connectivity index (χ4n) is 1.95. The number of carbonyl (C=O) groups is 2. The molecule has 4 heteroatoms. The monoisotopic (exact) mass is 228 g/mol. The molecule has 0 radical (unpaired) electrons. The van der Waals surface area contributed by atoms with Crippen molar-refractivity contribution < 1.29 is 19.1 Å². The summed E-state index contributed by atoms with van der Waals surface area (Å²) in [6.45, 7) is 4.23. The van der Waals surface area contributed by atoms with Gasteiger partial charge in [-0.1, -0.05) is 19.8 Å². The van der Waals surface area contributed by atoms with Gasteiger partial charge in [-0.3, -0.25) is 9.59 Å². The summed E-state index contributed by atoms with van der Waals surface area (Å²) in [5.74, 6) is -0.960. The van der Waals surface area contributed by atoms with Crippen molar-refractivity contribution in [1.29, 1.82) is 0 Å². The molecule has 1 aliphatic heterocycles. The third kappa shape index (κ3) is 3.51. The van der Waals surface area contributed by atoms with Crippen LogP contribution in [0.2, 0.25) is 0 Å². The molecule has 1 fully saturated rings. The lowest BCUT2D eigenvalue weighted by Crippen LogP contribution is -2.26. The van der Waals surface area contributed by atoms with Gasteiger partial charge in [0.1, 0.15) is 12.0 Å². The van der Waals surface area contributed by atoms with Crippen LogP contribution in [0.25, 0.3) is 0 Å². The van der Waals surface area contributed by atoms with Gasteiger partial charge in [-0.05, 0) is 19.8 Å². The van der Waals surface area contributed by atoms with Crippen LogP contribution in [0.3, 0.4) is 0 Å². The number of cyclic esters (lactones) is 1. The minimum absolute atomic E-state index is 0.176. The summed E-state index contributed by atoms with van der Waals surface area (Å²) in [4.78, 5) is 22.8. The van der Waals surface area contributed by atoms with Gasteiger partial charge < -0.3 is 9.47 Å². The van der Waals surface area contributed by atoms with Gasteiger partial charge in [0, 0.05) is 0 Å².